The van der Waals surface area contributed by atoms with Crippen molar-refractivity contribution in [3.05, 3.63) is 12.4 Å². The van der Waals surface area contributed by atoms with Crippen molar-refractivity contribution >= 4 is 11.7 Å². The van der Waals surface area contributed by atoms with Crippen molar-refractivity contribution in [2.45, 2.75) is 6.43 Å². The van der Waals surface area contributed by atoms with E-state index in [1.165, 1.54) is 10.9 Å². The molecule has 7 heteroatoms. The Morgan fingerprint density at radius 2 is 2.43 bits per heavy atom. The van der Waals surface area contributed by atoms with E-state index in [-0.39, 0.29) is 0 Å². The number of nitrogens with one attached hydrogen (secondary N) is 2. The lowest BCUT2D eigenvalue weighted by molar-refractivity contribution is 0.148. The van der Waals surface area contributed by atoms with Gasteiger partial charge < -0.3 is 10.6 Å². The van der Waals surface area contributed by atoms with Gasteiger partial charge in [-0.2, -0.15) is 5.10 Å². The first-order valence-corrected chi connectivity index (χ1v) is 3.89. The number of aromatic nitrogens is 2. The third-order valence-electron chi connectivity index (χ3n) is 1.38. The van der Waals surface area contributed by atoms with Crippen molar-refractivity contribution in [1.82, 2.24) is 15.1 Å². The smallest absolute Gasteiger partial charge is 0.319 e. The molecule has 1 aromatic rings. The van der Waals surface area contributed by atoms with Crippen LogP contribution >= 0.6 is 0 Å². The van der Waals surface area contributed by atoms with E-state index in [1.807, 2.05) is 5.32 Å². The van der Waals surface area contributed by atoms with Gasteiger partial charge in [-0.1, -0.05) is 0 Å². The van der Waals surface area contributed by atoms with E-state index >= 15 is 0 Å². The third kappa shape index (κ3) is 3.38. The molecule has 0 bridgehead atoms. The summed E-state index contributed by atoms with van der Waals surface area (Å²) >= 11 is 0. The molecule has 78 valence electrons. The number of amides is 2. The number of hydrogen-bond acceptors (Lipinski definition) is 2. The van der Waals surface area contributed by atoms with Crippen LogP contribution in [0.1, 0.15) is 0 Å². The van der Waals surface area contributed by atoms with Crippen LogP contribution in [0.4, 0.5) is 19.3 Å². The van der Waals surface area contributed by atoms with Gasteiger partial charge in [-0.15, -0.1) is 0 Å². The van der Waals surface area contributed by atoms with E-state index in [1.54, 1.807) is 13.2 Å². The Kier molecular flexibility index (Phi) is 3.38. The zero-order valence-electron chi connectivity index (χ0n) is 7.50. The van der Waals surface area contributed by atoms with Crippen molar-refractivity contribution in [3.63, 3.8) is 0 Å². The number of carbonyl (C=O) groups is 1. The predicted molar refractivity (Wildman–Crippen MR) is 46.2 cm³/mol. The molecule has 0 spiro atoms. The maximum Gasteiger partial charge on any atom is 0.319 e. The summed E-state index contributed by atoms with van der Waals surface area (Å²) in [6, 6.07) is -0.668. The van der Waals surface area contributed by atoms with E-state index in [2.05, 4.69) is 10.4 Å². The monoisotopic (exact) mass is 204 g/mol. The molecule has 0 aliphatic rings. The van der Waals surface area contributed by atoms with Crippen LogP contribution in [0.2, 0.25) is 0 Å². The molecule has 0 radical (unpaired) electrons. The molecule has 1 heterocycles. The van der Waals surface area contributed by atoms with Gasteiger partial charge in [0.25, 0.3) is 6.43 Å². The molecule has 0 saturated heterocycles. The molecule has 2 N–H and O–H groups in total. The molecule has 0 atom stereocenters. The summed E-state index contributed by atoms with van der Waals surface area (Å²) in [5.41, 5.74) is 0.458. The topological polar surface area (TPSA) is 59.0 Å². The molecule has 0 unspecified atom stereocenters. The fourth-order valence-corrected chi connectivity index (χ4v) is 0.831. The normalized spacial score (nSPS) is 10.3. The summed E-state index contributed by atoms with van der Waals surface area (Å²) in [6.07, 6.45) is 0.429. The second-order valence-corrected chi connectivity index (χ2v) is 2.63. The lowest BCUT2D eigenvalue weighted by atomic mass is 10.5. The summed E-state index contributed by atoms with van der Waals surface area (Å²) in [4.78, 5) is 10.9. The van der Waals surface area contributed by atoms with E-state index < -0.39 is 19.0 Å². The molecule has 5 nitrogen and oxygen atoms in total. The molecule has 0 saturated carbocycles. The highest BCUT2D eigenvalue weighted by atomic mass is 19.3. The number of rotatable bonds is 3. The maximum atomic E-state index is 11.7. The van der Waals surface area contributed by atoms with Gasteiger partial charge >= 0.3 is 6.03 Å². The van der Waals surface area contributed by atoms with Crippen molar-refractivity contribution in [3.8, 4) is 0 Å². The van der Waals surface area contributed by atoms with Gasteiger partial charge in [0.05, 0.1) is 18.4 Å². The van der Waals surface area contributed by atoms with Crippen LogP contribution in [0.15, 0.2) is 12.4 Å². The number of anilines is 1. The van der Waals surface area contributed by atoms with Gasteiger partial charge in [0.1, 0.15) is 0 Å². The predicted octanol–water partition coefficient (Wildman–Crippen LogP) is 0.807. The van der Waals surface area contributed by atoms with E-state index in [0.29, 0.717) is 5.69 Å². The van der Waals surface area contributed by atoms with Gasteiger partial charge in [0.15, 0.2) is 0 Å². The Morgan fingerprint density at radius 1 is 1.71 bits per heavy atom. The standard InChI is InChI=1S/C7H10F2N4O/c1-13-4-5(2-11-13)12-7(14)10-3-6(8)9/h2,4,6H,3H2,1H3,(H2,10,12,14). The first-order chi connectivity index (χ1) is 6.58. The molecule has 0 fully saturated rings. The Balaban J connectivity index is 2.34. The highest BCUT2D eigenvalue weighted by Crippen LogP contribution is 2.02. The highest BCUT2D eigenvalue weighted by molar-refractivity contribution is 5.88. The molecule has 1 rings (SSSR count). The van der Waals surface area contributed by atoms with Crippen LogP contribution in [0, 0.1) is 0 Å². The Labute approximate surface area is 79.1 Å². The van der Waals surface area contributed by atoms with E-state index in [9.17, 15) is 13.6 Å². The van der Waals surface area contributed by atoms with Gasteiger partial charge in [-0.05, 0) is 0 Å². The first kappa shape index (κ1) is 10.4. The average molecular weight is 204 g/mol. The average Bonchev–Trinajstić information content (AvgIpc) is 2.48. The lowest BCUT2D eigenvalue weighted by Crippen LogP contribution is -2.32. The number of urea groups is 1. The maximum absolute atomic E-state index is 11.7. The van der Waals surface area contributed by atoms with Crippen molar-refractivity contribution in [2.75, 3.05) is 11.9 Å². The van der Waals surface area contributed by atoms with Crippen LogP contribution in [0.5, 0.6) is 0 Å². The van der Waals surface area contributed by atoms with Crippen LogP contribution in [-0.4, -0.2) is 28.8 Å². The Bertz CT molecular complexity index is 312. The molecule has 0 aromatic carbocycles. The molecule has 2 amide bonds. The summed E-state index contributed by atoms with van der Waals surface area (Å²) in [7, 11) is 1.68. The largest absolute Gasteiger partial charge is 0.332 e. The molecular formula is C7H10F2N4O. The second-order valence-electron chi connectivity index (χ2n) is 2.63. The molecular weight excluding hydrogens is 194 g/mol. The Hall–Kier alpha value is -1.66. The molecule has 1 aromatic heterocycles. The molecule has 0 aliphatic heterocycles. The quantitative estimate of drug-likeness (QED) is 0.765. The second kappa shape index (κ2) is 4.54. The van der Waals surface area contributed by atoms with Gasteiger partial charge in [0.2, 0.25) is 0 Å². The fraction of sp³-hybridized carbons (Fsp3) is 0.429. The zero-order chi connectivity index (χ0) is 10.6. The minimum atomic E-state index is -2.55. The fourth-order valence-electron chi connectivity index (χ4n) is 0.831. The summed E-state index contributed by atoms with van der Waals surface area (Å²) in [6.45, 7) is -0.661. The summed E-state index contributed by atoms with van der Waals surface area (Å²) in [5, 5.41) is 8.15. The van der Waals surface area contributed by atoms with Gasteiger partial charge in [-0.3, -0.25) is 4.68 Å². The minimum Gasteiger partial charge on any atom is -0.332 e. The van der Waals surface area contributed by atoms with Gasteiger partial charge in [-0.25, -0.2) is 13.6 Å². The SMILES string of the molecule is Cn1cc(NC(=O)NCC(F)F)cn1. The third-order valence-corrected chi connectivity index (χ3v) is 1.38. The summed E-state index contributed by atoms with van der Waals surface area (Å²) in [5.74, 6) is 0. The first-order valence-electron chi connectivity index (χ1n) is 3.89. The Morgan fingerprint density at radius 3 is 2.93 bits per heavy atom. The number of hydrogen-bond donors (Lipinski definition) is 2. The van der Waals surface area contributed by atoms with Crippen molar-refractivity contribution < 1.29 is 13.6 Å². The lowest BCUT2D eigenvalue weighted by Gasteiger charge is -2.04. The van der Waals surface area contributed by atoms with Gasteiger partial charge in [0, 0.05) is 13.2 Å². The van der Waals surface area contributed by atoms with Crippen LogP contribution < -0.4 is 10.6 Å². The number of halogens is 2. The number of aryl methyl sites for hydroxylation is 1. The van der Waals surface area contributed by atoms with E-state index in [4.69, 9.17) is 0 Å². The number of nitrogens with zero attached hydrogens (tertiary/aromatic N) is 2. The minimum absolute atomic E-state index is 0.458. The molecule has 14 heavy (non-hydrogen) atoms. The number of alkyl halides is 2. The van der Waals surface area contributed by atoms with E-state index in [0.717, 1.165) is 0 Å². The highest BCUT2D eigenvalue weighted by Gasteiger charge is 2.06. The van der Waals surface area contributed by atoms with Crippen molar-refractivity contribution in [2.24, 2.45) is 7.05 Å². The summed E-state index contributed by atoms with van der Waals surface area (Å²) < 4.78 is 24.8. The number of carbonyl (C=O) groups excluding carboxylic acids is 1. The zero-order valence-corrected chi connectivity index (χ0v) is 7.50. The van der Waals surface area contributed by atoms with Crippen LogP contribution in [0.3, 0.4) is 0 Å². The molecule has 0 aliphatic carbocycles. The van der Waals surface area contributed by atoms with Crippen molar-refractivity contribution in [1.29, 1.82) is 0 Å². The van der Waals surface area contributed by atoms with Crippen LogP contribution in [-0.2, 0) is 7.05 Å². The van der Waals surface area contributed by atoms with Crippen LogP contribution in [0.25, 0.3) is 0 Å².